The van der Waals surface area contributed by atoms with Gasteiger partial charge in [-0.3, -0.25) is 14.8 Å². The molecule has 1 atom stereocenters. The van der Waals surface area contributed by atoms with Crippen molar-refractivity contribution in [3.63, 3.8) is 0 Å². The van der Waals surface area contributed by atoms with Crippen LogP contribution in [0.5, 0.6) is 0 Å². The van der Waals surface area contributed by atoms with Gasteiger partial charge in [-0.1, -0.05) is 29.8 Å². The zero-order valence-electron chi connectivity index (χ0n) is 12.1. The molecule has 1 aromatic heterocycles. The maximum atomic E-state index is 12.2. The quantitative estimate of drug-likeness (QED) is 0.860. The summed E-state index contributed by atoms with van der Waals surface area (Å²) in [5, 5.41) is 10.2. The van der Waals surface area contributed by atoms with E-state index in [1.807, 2.05) is 49.3 Å². The Kier molecular flexibility index (Phi) is 5.36. The van der Waals surface area contributed by atoms with Crippen LogP contribution in [0.15, 0.2) is 36.7 Å². The number of nitrogens with one attached hydrogen (secondary N) is 2. The fourth-order valence-electron chi connectivity index (χ4n) is 1.96. The Labute approximate surface area is 129 Å². The van der Waals surface area contributed by atoms with Crippen LogP contribution in [-0.4, -0.2) is 34.1 Å². The molecule has 0 aliphatic carbocycles. The number of benzene rings is 1. The molecule has 0 unspecified atom stereocenters. The summed E-state index contributed by atoms with van der Waals surface area (Å²) in [6.07, 6.45) is 3.58. The van der Waals surface area contributed by atoms with Crippen molar-refractivity contribution >= 4 is 17.5 Å². The van der Waals surface area contributed by atoms with Crippen LogP contribution in [0.2, 0.25) is 5.02 Å². The first-order valence-corrected chi connectivity index (χ1v) is 7.14. The number of aromatic nitrogens is 2. The summed E-state index contributed by atoms with van der Waals surface area (Å²) in [7, 11) is 1.91. The molecule has 0 saturated carbocycles. The lowest BCUT2D eigenvalue weighted by atomic mass is 10.2. The maximum Gasteiger partial charge on any atom is 0.237 e. The summed E-state index contributed by atoms with van der Waals surface area (Å²) < 4.78 is 0. The standard InChI is InChI=1S/C15H19ClN4O/c1-11(20(2)10-12-7-18-19-8-12)15(21)17-9-13-5-3-4-6-14(13)16/h3-8,11H,9-10H2,1-2H3,(H,17,21)(H,18,19)/t11-/m1/s1. The lowest BCUT2D eigenvalue weighted by Gasteiger charge is -2.23. The third-order valence-corrected chi connectivity index (χ3v) is 3.81. The van der Waals surface area contributed by atoms with Gasteiger partial charge in [0, 0.05) is 29.9 Å². The monoisotopic (exact) mass is 306 g/mol. The average Bonchev–Trinajstić information content (AvgIpc) is 2.98. The smallest absolute Gasteiger partial charge is 0.237 e. The first-order chi connectivity index (χ1) is 10.1. The highest BCUT2D eigenvalue weighted by Gasteiger charge is 2.18. The highest BCUT2D eigenvalue weighted by molar-refractivity contribution is 6.31. The molecule has 2 rings (SSSR count). The summed E-state index contributed by atoms with van der Waals surface area (Å²) in [4.78, 5) is 14.1. The summed E-state index contributed by atoms with van der Waals surface area (Å²) in [5.41, 5.74) is 1.96. The number of halogens is 1. The van der Waals surface area contributed by atoms with Gasteiger partial charge in [-0.05, 0) is 25.6 Å². The maximum absolute atomic E-state index is 12.2. The molecule has 1 aromatic carbocycles. The average molecular weight is 307 g/mol. The molecule has 0 bridgehead atoms. The molecule has 2 N–H and O–H groups in total. The number of carbonyl (C=O) groups excluding carboxylic acids is 1. The molecule has 0 saturated heterocycles. The van der Waals surface area contributed by atoms with Crippen molar-refractivity contribution in [2.75, 3.05) is 7.05 Å². The molecule has 6 heteroatoms. The number of H-pyrrole nitrogens is 1. The highest BCUT2D eigenvalue weighted by atomic mass is 35.5. The van der Waals surface area contributed by atoms with E-state index in [-0.39, 0.29) is 11.9 Å². The molecular formula is C15H19ClN4O. The molecule has 1 heterocycles. The van der Waals surface area contributed by atoms with Gasteiger partial charge in [0.05, 0.1) is 12.2 Å². The first-order valence-electron chi connectivity index (χ1n) is 6.77. The highest BCUT2D eigenvalue weighted by Crippen LogP contribution is 2.14. The Balaban J connectivity index is 1.86. The van der Waals surface area contributed by atoms with Gasteiger partial charge in [0.15, 0.2) is 0 Å². The topological polar surface area (TPSA) is 61.0 Å². The van der Waals surface area contributed by atoms with Crippen molar-refractivity contribution in [2.45, 2.75) is 26.1 Å². The minimum atomic E-state index is -0.234. The largest absolute Gasteiger partial charge is 0.351 e. The van der Waals surface area contributed by atoms with Crippen LogP contribution >= 0.6 is 11.6 Å². The summed E-state index contributed by atoms with van der Waals surface area (Å²) in [6, 6.07) is 7.26. The van der Waals surface area contributed by atoms with Gasteiger partial charge in [-0.15, -0.1) is 0 Å². The van der Waals surface area contributed by atoms with Crippen molar-refractivity contribution in [1.82, 2.24) is 20.4 Å². The van der Waals surface area contributed by atoms with E-state index in [2.05, 4.69) is 15.5 Å². The normalized spacial score (nSPS) is 12.4. The van der Waals surface area contributed by atoms with E-state index in [4.69, 9.17) is 11.6 Å². The molecular weight excluding hydrogens is 288 g/mol. The predicted octanol–water partition coefficient (Wildman–Crippen LogP) is 2.20. The molecule has 112 valence electrons. The molecule has 0 radical (unpaired) electrons. The molecule has 5 nitrogen and oxygen atoms in total. The molecule has 0 aliphatic heterocycles. The van der Waals surface area contributed by atoms with Crippen molar-refractivity contribution in [2.24, 2.45) is 0 Å². The predicted molar refractivity (Wildman–Crippen MR) is 82.8 cm³/mol. The van der Waals surface area contributed by atoms with Crippen LogP contribution < -0.4 is 5.32 Å². The fourth-order valence-corrected chi connectivity index (χ4v) is 2.16. The zero-order chi connectivity index (χ0) is 15.2. The van der Waals surface area contributed by atoms with Gasteiger partial charge in [0.1, 0.15) is 0 Å². The molecule has 1 amide bonds. The first kappa shape index (κ1) is 15.5. The van der Waals surface area contributed by atoms with Gasteiger partial charge in [0.2, 0.25) is 5.91 Å². The Bertz CT molecular complexity index is 585. The number of hydrogen-bond acceptors (Lipinski definition) is 3. The molecule has 0 fully saturated rings. The minimum Gasteiger partial charge on any atom is -0.351 e. The lowest BCUT2D eigenvalue weighted by Crippen LogP contribution is -2.42. The van der Waals surface area contributed by atoms with E-state index >= 15 is 0 Å². The number of hydrogen-bond donors (Lipinski definition) is 2. The van der Waals surface area contributed by atoms with Gasteiger partial charge in [0.25, 0.3) is 0 Å². The number of carbonyl (C=O) groups is 1. The van der Waals surface area contributed by atoms with Gasteiger partial charge < -0.3 is 5.32 Å². The van der Waals surface area contributed by atoms with Crippen molar-refractivity contribution in [3.05, 3.63) is 52.8 Å². The third-order valence-electron chi connectivity index (χ3n) is 3.44. The molecule has 2 aromatic rings. The van der Waals surface area contributed by atoms with Crippen LogP contribution in [0.1, 0.15) is 18.1 Å². The molecule has 0 spiro atoms. The Morgan fingerprint density at radius 2 is 2.24 bits per heavy atom. The number of rotatable bonds is 6. The van der Waals surface area contributed by atoms with Crippen LogP contribution in [-0.2, 0) is 17.9 Å². The molecule has 0 aliphatic rings. The Hall–Kier alpha value is -1.85. The van der Waals surface area contributed by atoms with Gasteiger partial charge >= 0.3 is 0 Å². The van der Waals surface area contributed by atoms with Crippen LogP contribution in [0.25, 0.3) is 0 Å². The van der Waals surface area contributed by atoms with E-state index < -0.39 is 0 Å². The van der Waals surface area contributed by atoms with Crippen LogP contribution in [0.4, 0.5) is 0 Å². The zero-order valence-corrected chi connectivity index (χ0v) is 12.9. The summed E-state index contributed by atoms with van der Waals surface area (Å²) >= 11 is 6.07. The van der Waals surface area contributed by atoms with E-state index in [1.165, 1.54) is 0 Å². The number of amides is 1. The molecule has 21 heavy (non-hydrogen) atoms. The second kappa shape index (κ2) is 7.24. The van der Waals surface area contributed by atoms with E-state index in [0.29, 0.717) is 18.1 Å². The summed E-state index contributed by atoms with van der Waals surface area (Å²) in [5.74, 6) is -0.0269. The lowest BCUT2D eigenvalue weighted by molar-refractivity contribution is -0.125. The Morgan fingerprint density at radius 3 is 2.90 bits per heavy atom. The minimum absolute atomic E-state index is 0.0269. The number of nitrogens with zero attached hydrogens (tertiary/aromatic N) is 2. The van der Waals surface area contributed by atoms with Crippen molar-refractivity contribution in [1.29, 1.82) is 0 Å². The van der Waals surface area contributed by atoms with Crippen LogP contribution in [0, 0.1) is 0 Å². The van der Waals surface area contributed by atoms with E-state index in [1.54, 1.807) is 6.20 Å². The van der Waals surface area contributed by atoms with Gasteiger partial charge in [-0.2, -0.15) is 5.10 Å². The fraction of sp³-hybridized carbons (Fsp3) is 0.333. The number of likely N-dealkylation sites (N-methyl/N-ethyl adjacent to an activating group) is 1. The number of aromatic amines is 1. The third kappa shape index (κ3) is 4.31. The van der Waals surface area contributed by atoms with Crippen LogP contribution in [0.3, 0.4) is 0 Å². The van der Waals surface area contributed by atoms with Crippen molar-refractivity contribution < 1.29 is 4.79 Å². The second-order valence-corrected chi connectivity index (χ2v) is 5.41. The second-order valence-electron chi connectivity index (χ2n) is 5.01. The van der Waals surface area contributed by atoms with Crippen molar-refractivity contribution in [3.8, 4) is 0 Å². The summed E-state index contributed by atoms with van der Waals surface area (Å²) in [6.45, 7) is 2.97. The van der Waals surface area contributed by atoms with E-state index in [0.717, 1.165) is 11.1 Å². The SMILES string of the molecule is C[C@H](C(=O)NCc1ccccc1Cl)N(C)Cc1cn[nH]c1. The van der Waals surface area contributed by atoms with E-state index in [9.17, 15) is 4.79 Å². The Morgan fingerprint density at radius 1 is 1.48 bits per heavy atom. The van der Waals surface area contributed by atoms with Gasteiger partial charge in [-0.25, -0.2) is 0 Å².